The largest absolute Gasteiger partial charge is 0.379 e. The van der Waals surface area contributed by atoms with E-state index < -0.39 is 0 Å². The Balaban J connectivity index is 1.54. The van der Waals surface area contributed by atoms with E-state index in [1.54, 1.807) is 4.68 Å². The number of hydrogen-bond donors (Lipinski definition) is 2. The molecule has 0 aromatic carbocycles. The average Bonchev–Trinajstić information content (AvgIpc) is 2.96. The van der Waals surface area contributed by atoms with E-state index in [1.807, 2.05) is 12.4 Å². The predicted octanol–water partition coefficient (Wildman–Crippen LogP) is 2.15. The zero-order valence-corrected chi connectivity index (χ0v) is 12.4. The summed E-state index contributed by atoms with van der Waals surface area (Å²) in [6.45, 7) is 4.93. The van der Waals surface area contributed by atoms with Gasteiger partial charge in [0.2, 0.25) is 5.91 Å². The zero-order valence-electron chi connectivity index (χ0n) is 12.4. The Morgan fingerprint density at radius 1 is 1.45 bits per heavy atom. The molecule has 3 rings (SSSR count). The molecule has 2 aliphatic rings. The Kier molecular flexibility index (Phi) is 3.44. The van der Waals surface area contributed by atoms with Gasteiger partial charge in [-0.05, 0) is 31.1 Å². The molecule has 1 aromatic heterocycles. The molecule has 2 fully saturated rings. The summed E-state index contributed by atoms with van der Waals surface area (Å²) in [6, 6.07) is 0.912. The molecule has 0 aliphatic heterocycles. The number of nitrogens with one attached hydrogen (secondary N) is 2. The monoisotopic (exact) mass is 276 g/mol. The maximum Gasteiger partial charge on any atom is 0.241 e. The Bertz CT molecular complexity index is 490. The van der Waals surface area contributed by atoms with Gasteiger partial charge in [-0.2, -0.15) is 5.10 Å². The minimum atomic E-state index is 0.0587. The van der Waals surface area contributed by atoms with E-state index in [-0.39, 0.29) is 5.91 Å². The van der Waals surface area contributed by atoms with Crippen molar-refractivity contribution in [2.45, 2.75) is 64.6 Å². The van der Waals surface area contributed by atoms with Crippen LogP contribution in [0.1, 0.15) is 46.0 Å². The van der Waals surface area contributed by atoms with E-state index >= 15 is 0 Å². The van der Waals surface area contributed by atoms with Crippen LogP contribution >= 0.6 is 0 Å². The number of aromatic nitrogens is 2. The van der Waals surface area contributed by atoms with Crippen molar-refractivity contribution >= 4 is 11.6 Å². The van der Waals surface area contributed by atoms with Crippen LogP contribution in [0.2, 0.25) is 0 Å². The van der Waals surface area contributed by atoms with Crippen molar-refractivity contribution in [2.24, 2.45) is 5.41 Å². The van der Waals surface area contributed by atoms with Crippen LogP contribution in [0.15, 0.2) is 12.4 Å². The van der Waals surface area contributed by atoms with E-state index in [4.69, 9.17) is 0 Å². The minimum Gasteiger partial charge on any atom is -0.379 e. The lowest BCUT2D eigenvalue weighted by molar-refractivity contribution is -0.122. The fraction of sp³-hybridized carbons (Fsp3) is 0.733. The highest BCUT2D eigenvalue weighted by Gasteiger charge is 2.34. The van der Waals surface area contributed by atoms with Crippen molar-refractivity contribution in [3.8, 4) is 0 Å². The molecule has 1 unspecified atom stereocenters. The first-order chi connectivity index (χ1) is 9.53. The molecule has 5 heteroatoms. The Morgan fingerprint density at radius 2 is 2.25 bits per heavy atom. The van der Waals surface area contributed by atoms with Gasteiger partial charge in [0.15, 0.2) is 0 Å². The summed E-state index contributed by atoms with van der Waals surface area (Å²) in [6.07, 6.45) is 9.74. The van der Waals surface area contributed by atoms with Gasteiger partial charge in [0.1, 0.15) is 6.54 Å². The lowest BCUT2D eigenvalue weighted by Gasteiger charge is -2.28. The van der Waals surface area contributed by atoms with Crippen LogP contribution in [0.5, 0.6) is 0 Å². The molecular formula is C15H24N4O. The third-order valence-electron chi connectivity index (χ3n) is 4.48. The molecule has 5 nitrogen and oxygen atoms in total. The molecule has 20 heavy (non-hydrogen) atoms. The number of amides is 1. The first-order valence-corrected chi connectivity index (χ1v) is 7.61. The van der Waals surface area contributed by atoms with Crippen molar-refractivity contribution in [1.82, 2.24) is 15.1 Å². The maximum absolute atomic E-state index is 11.7. The molecule has 2 aliphatic carbocycles. The summed E-state index contributed by atoms with van der Waals surface area (Å²) in [5.74, 6) is 0.0587. The molecule has 0 radical (unpaired) electrons. The summed E-state index contributed by atoms with van der Waals surface area (Å²) in [5, 5.41) is 10.8. The van der Waals surface area contributed by atoms with Crippen LogP contribution in [0.25, 0.3) is 0 Å². The maximum atomic E-state index is 11.7. The van der Waals surface area contributed by atoms with Crippen LogP contribution in [0.4, 0.5) is 5.69 Å². The average molecular weight is 276 g/mol. The Labute approximate surface area is 120 Å². The number of carbonyl (C=O) groups excluding carboxylic acids is 1. The highest BCUT2D eigenvalue weighted by atomic mass is 16.2. The van der Waals surface area contributed by atoms with Crippen LogP contribution in [0.3, 0.4) is 0 Å². The fourth-order valence-corrected chi connectivity index (χ4v) is 2.97. The van der Waals surface area contributed by atoms with E-state index in [9.17, 15) is 4.79 Å². The van der Waals surface area contributed by atoms with Crippen molar-refractivity contribution < 1.29 is 4.79 Å². The second-order valence-corrected chi connectivity index (χ2v) is 6.85. The second-order valence-electron chi connectivity index (χ2n) is 6.85. The highest BCUT2D eigenvalue weighted by molar-refractivity contribution is 5.76. The summed E-state index contributed by atoms with van der Waals surface area (Å²) >= 11 is 0. The highest BCUT2D eigenvalue weighted by Crippen LogP contribution is 2.38. The van der Waals surface area contributed by atoms with E-state index in [1.165, 1.54) is 19.3 Å². The standard InChI is InChI=1S/C15H24N4O/c1-15(2)7-3-4-13(15)17-12-8-16-19(9-12)10-14(20)18-11-5-6-11/h8-9,11,13,17H,3-7,10H2,1-2H3,(H,18,20). The van der Waals surface area contributed by atoms with Crippen LogP contribution in [0, 0.1) is 5.41 Å². The van der Waals surface area contributed by atoms with Crippen LogP contribution in [-0.4, -0.2) is 27.8 Å². The van der Waals surface area contributed by atoms with Crippen LogP contribution in [-0.2, 0) is 11.3 Å². The van der Waals surface area contributed by atoms with Crippen molar-refractivity contribution in [3.05, 3.63) is 12.4 Å². The van der Waals surface area contributed by atoms with E-state index in [2.05, 4.69) is 29.6 Å². The minimum absolute atomic E-state index is 0.0587. The van der Waals surface area contributed by atoms with E-state index in [0.29, 0.717) is 24.0 Å². The normalized spacial score (nSPS) is 24.6. The van der Waals surface area contributed by atoms with Crippen molar-refractivity contribution in [2.75, 3.05) is 5.32 Å². The molecule has 0 bridgehead atoms. The smallest absolute Gasteiger partial charge is 0.241 e. The molecule has 2 saturated carbocycles. The van der Waals surface area contributed by atoms with Crippen molar-refractivity contribution in [3.63, 3.8) is 0 Å². The number of carbonyl (C=O) groups is 1. The molecule has 1 atom stereocenters. The number of anilines is 1. The van der Waals surface area contributed by atoms with Gasteiger partial charge in [0.25, 0.3) is 0 Å². The second kappa shape index (κ2) is 5.11. The van der Waals surface area contributed by atoms with Gasteiger partial charge in [-0.25, -0.2) is 0 Å². The van der Waals surface area contributed by atoms with Crippen LogP contribution < -0.4 is 10.6 Å². The summed E-state index contributed by atoms with van der Waals surface area (Å²) < 4.78 is 1.71. The van der Waals surface area contributed by atoms with Gasteiger partial charge < -0.3 is 10.6 Å². The molecule has 1 amide bonds. The van der Waals surface area contributed by atoms with Gasteiger partial charge in [-0.1, -0.05) is 20.3 Å². The van der Waals surface area contributed by atoms with Gasteiger partial charge >= 0.3 is 0 Å². The molecule has 2 N–H and O–H groups in total. The quantitative estimate of drug-likeness (QED) is 0.866. The predicted molar refractivity (Wildman–Crippen MR) is 78.4 cm³/mol. The molecule has 0 spiro atoms. The first kappa shape index (κ1) is 13.5. The Morgan fingerprint density at radius 3 is 2.90 bits per heavy atom. The number of hydrogen-bond acceptors (Lipinski definition) is 3. The van der Waals surface area contributed by atoms with Gasteiger partial charge in [-0.3, -0.25) is 9.48 Å². The van der Waals surface area contributed by atoms with Gasteiger partial charge in [0.05, 0.1) is 11.9 Å². The molecule has 0 saturated heterocycles. The third-order valence-corrected chi connectivity index (χ3v) is 4.48. The Hall–Kier alpha value is -1.52. The van der Waals surface area contributed by atoms with Crippen molar-refractivity contribution in [1.29, 1.82) is 0 Å². The summed E-state index contributed by atoms with van der Waals surface area (Å²) in [5.41, 5.74) is 1.36. The topological polar surface area (TPSA) is 59.0 Å². The first-order valence-electron chi connectivity index (χ1n) is 7.61. The lowest BCUT2D eigenvalue weighted by atomic mass is 9.87. The zero-order chi connectivity index (χ0) is 14.2. The summed E-state index contributed by atoms with van der Waals surface area (Å²) in [7, 11) is 0. The van der Waals surface area contributed by atoms with E-state index in [0.717, 1.165) is 18.5 Å². The number of nitrogens with zero attached hydrogens (tertiary/aromatic N) is 2. The third kappa shape index (κ3) is 3.14. The molecule has 1 heterocycles. The molecule has 110 valence electrons. The SMILES string of the molecule is CC1(C)CCCC1Nc1cnn(CC(=O)NC2CC2)c1. The fourth-order valence-electron chi connectivity index (χ4n) is 2.97. The summed E-state index contributed by atoms with van der Waals surface area (Å²) in [4.78, 5) is 11.7. The number of rotatable bonds is 5. The van der Waals surface area contributed by atoms with Gasteiger partial charge in [0, 0.05) is 18.3 Å². The molecular weight excluding hydrogens is 252 g/mol. The molecule has 1 aromatic rings. The van der Waals surface area contributed by atoms with Gasteiger partial charge in [-0.15, -0.1) is 0 Å². The lowest BCUT2D eigenvalue weighted by Crippen LogP contribution is -2.30.